The second kappa shape index (κ2) is 5.56. The smallest absolute Gasteiger partial charge is 0.224 e. The van der Waals surface area contributed by atoms with Gasteiger partial charge in [0.2, 0.25) is 10.2 Å². The lowest BCUT2D eigenvalue weighted by atomic mass is 10.7. The SMILES string of the molecule is Cl.O=CNC(Cl)C(Cl)(Cl)Cl. The van der Waals surface area contributed by atoms with E-state index in [1.165, 1.54) is 0 Å². The van der Waals surface area contributed by atoms with Gasteiger partial charge in [0.1, 0.15) is 0 Å². The summed E-state index contributed by atoms with van der Waals surface area (Å²) in [5.74, 6) is 0. The monoisotopic (exact) mass is 245 g/mol. The van der Waals surface area contributed by atoms with E-state index in [4.69, 9.17) is 46.4 Å². The van der Waals surface area contributed by atoms with E-state index >= 15 is 0 Å². The van der Waals surface area contributed by atoms with E-state index in [1.807, 2.05) is 0 Å². The standard InChI is InChI=1S/C3H3Cl4NO.ClH/c4-2(8-1-9)3(5,6)7;/h1-2H,(H,8,9);1H. The fraction of sp³-hybridized carbons (Fsp3) is 0.667. The van der Waals surface area contributed by atoms with E-state index < -0.39 is 9.29 Å². The molecule has 0 aliphatic heterocycles. The molecule has 2 nitrogen and oxygen atoms in total. The highest BCUT2D eigenvalue weighted by Crippen LogP contribution is 2.31. The molecule has 0 bridgehead atoms. The van der Waals surface area contributed by atoms with Crippen molar-refractivity contribution in [3.05, 3.63) is 0 Å². The first-order valence-electron chi connectivity index (χ1n) is 1.89. The van der Waals surface area contributed by atoms with Crippen LogP contribution in [0.3, 0.4) is 0 Å². The van der Waals surface area contributed by atoms with Gasteiger partial charge >= 0.3 is 0 Å². The predicted octanol–water partition coefficient (Wildman–Crippen LogP) is 2.09. The summed E-state index contributed by atoms with van der Waals surface area (Å²) in [7, 11) is 0. The Morgan fingerprint density at radius 1 is 1.40 bits per heavy atom. The molecule has 1 amide bonds. The number of halogens is 5. The molecule has 0 fully saturated rings. The lowest BCUT2D eigenvalue weighted by Gasteiger charge is -2.15. The second-order valence-corrected chi connectivity index (χ2v) is 3.99. The lowest BCUT2D eigenvalue weighted by Crippen LogP contribution is -2.34. The van der Waals surface area contributed by atoms with Crippen molar-refractivity contribution in [3.63, 3.8) is 0 Å². The molecule has 0 saturated carbocycles. The third kappa shape index (κ3) is 5.69. The average Bonchev–Trinajstić information content (AvgIpc) is 1.64. The van der Waals surface area contributed by atoms with Crippen LogP contribution in [0.25, 0.3) is 0 Å². The van der Waals surface area contributed by atoms with Crippen molar-refractivity contribution in [2.75, 3.05) is 0 Å². The fourth-order valence-corrected chi connectivity index (χ4v) is 0.395. The number of rotatable bonds is 2. The summed E-state index contributed by atoms with van der Waals surface area (Å²) in [5.41, 5.74) is -0.986. The zero-order chi connectivity index (χ0) is 7.49. The lowest BCUT2D eigenvalue weighted by molar-refractivity contribution is -0.109. The van der Waals surface area contributed by atoms with Crippen LogP contribution in [0, 0.1) is 0 Å². The van der Waals surface area contributed by atoms with Crippen LogP contribution in [0.5, 0.6) is 0 Å². The molecule has 1 unspecified atom stereocenters. The number of carbonyl (C=O) groups excluding carboxylic acids is 1. The zero-order valence-corrected chi connectivity index (χ0v) is 8.32. The Labute approximate surface area is 84.5 Å². The van der Waals surface area contributed by atoms with Crippen molar-refractivity contribution in [3.8, 4) is 0 Å². The molecule has 62 valence electrons. The molecule has 0 saturated heterocycles. The number of nitrogens with one attached hydrogen (secondary N) is 1. The molecule has 0 aliphatic rings. The molecule has 0 spiro atoms. The number of hydrogen-bond donors (Lipinski definition) is 1. The molecule has 0 rings (SSSR count). The Morgan fingerprint density at radius 3 is 1.90 bits per heavy atom. The Kier molecular flexibility index (Phi) is 7.50. The maximum absolute atomic E-state index is 9.69. The fourth-order valence-electron chi connectivity index (χ4n) is 0.154. The van der Waals surface area contributed by atoms with Gasteiger partial charge in [-0.05, 0) is 0 Å². The van der Waals surface area contributed by atoms with Crippen molar-refractivity contribution in [2.45, 2.75) is 9.29 Å². The highest BCUT2D eigenvalue weighted by molar-refractivity contribution is 6.70. The van der Waals surface area contributed by atoms with Crippen LogP contribution in [0.15, 0.2) is 0 Å². The van der Waals surface area contributed by atoms with Crippen LogP contribution >= 0.6 is 58.8 Å². The molecule has 0 aromatic carbocycles. The summed E-state index contributed by atoms with van der Waals surface area (Å²) in [6.07, 6.45) is 0.361. The highest BCUT2D eigenvalue weighted by atomic mass is 35.6. The highest BCUT2D eigenvalue weighted by Gasteiger charge is 2.29. The van der Waals surface area contributed by atoms with Crippen LogP contribution in [-0.4, -0.2) is 15.7 Å². The Bertz CT molecular complexity index is 102. The summed E-state index contributed by atoms with van der Waals surface area (Å²) >= 11 is 21.0. The normalized spacial score (nSPS) is 13.2. The number of hydrogen-bond acceptors (Lipinski definition) is 1. The van der Waals surface area contributed by atoms with Gasteiger partial charge in [-0.15, -0.1) is 12.4 Å². The molecule has 0 aromatic heterocycles. The van der Waals surface area contributed by atoms with Crippen molar-refractivity contribution in [1.82, 2.24) is 5.32 Å². The summed E-state index contributed by atoms with van der Waals surface area (Å²) in [5, 5.41) is 2.07. The van der Waals surface area contributed by atoms with Crippen LogP contribution < -0.4 is 5.32 Å². The predicted molar refractivity (Wildman–Crippen MR) is 46.4 cm³/mol. The minimum absolute atomic E-state index is 0. The van der Waals surface area contributed by atoms with Gasteiger partial charge in [0.05, 0.1) is 0 Å². The minimum atomic E-state index is -1.65. The summed E-state index contributed by atoms with van der Waals surface area (Å²) in [6.45, 7) is 0. The molecule has 10 heavy (non-hydrogen) atoms. The molecule has 0 radical (unpaired) electrons. The molecular formula is C3H4Cl5NO. The van der Waals surface area contributed by atoms with Crippen molar-refractivity contribution in [2.24, 2.45) is 0 Å². The van der Waals surface area contributed by atoms with E-state index in [-0.39, 0.29) is 12.4 Å². The quantitative estimate of drug-likeness (QED) is 0.452. The van der Waals surface area contributed by atoms with Gasteiger partial charge < -0.3 is 5.32 Å². The molecule has 0 aromatic rings. The maximum Gasteiger partial charge on any atom is 0.224 e. The largest absolute Gasteiger partial charge is 0.339 e. The molecule has 1 atom stereocenters. The minimum Gasteiger partial charge on any atom is -0.339 e. The second-order valence-electron chi connectivity index (χ2n) is 1.19. The zero-order valence-electron chi connectivity index (χ0n) is 4.48. The van der Waals surface area contributed by atoms with Crippen LogP contribution in [0.2, 0.25) is 0 Å². The Hall–Kier alpha value is 0.920. The van der Waals surface area contributed by atoms with E-state index in [0.717, 1.165) is 0 Å². The Morgan fingerprint density at radius 2 is 1.80 bits per heavy atom. The van der Waals surface area contributed by atoms with E-state index in [2.05, 4.69) is 5.32 Å². The Balaban J connectivity index is 0. The van der Waals surface area contributed by atoms with Crippen LogP contribution in [0.1, 0.15) is 0 Å². The van der Waals surface area contributed by atoms with Crippen LogP contribution in [0.4, 0.5) is 0 Å². The van der Waals surface area contributed by atoms with Gasteiger partial charge in [-0.1, -0.05) is 46.4 Å². The van der Waals surface area contributed by atoms with Crippen LogP contribution in [-0.2, 0) is 4.79 Å². The maximum atomic E-state index is 9.69. The van der Waals surface area contributed by atoms with Crippen molar-refractivity contribution < 1.29 is 4.79 Å². The van der Waals surface area contributed by atoms with Crippen molar-refractivity contribution in [1.29, 1.82) is 0 Å². The van der Waals surface area contributed by atoms with E-state index in [1.54, 1.807) is 0 Å². The first-order chi connectivity index (χ1) is 3.98. The van der Waals surface area contributed by atoms with Gasteiger partial charge in [0.15, 0.2) is 5.50 Å². The van der Waals surface area contributed by atoms with Gasteiger partial charge in [0.25, 0.3) is 0 Å². The summed E-state index contributed by atoms with van der Waals surface area (Å²) in [4.78, 5) is 9.69. The number of carbonyl (C=O) groups is 1. The van der Waals surface area contributed by atoms with Gasteiger partial charge in [-0.2, -0.15) is 0 Å². The molecular weight excluding hydrogens is 243 g/mol. The first-order valence-corrected chi connectivity index (χ1v) is 3.46. The molecule has 0 aliphatic carbocycles. The average molecular weight is 247 g/mol. The third-order valence-corrected chi connectivity index (χ3v) is 1.94. The molecule has 7 heteroatoms. The van der Waals surface area contributed by atoms with Gasteiger partial charge in [0, 0.05) is 0 Å². The van der Waals surface area contributed by atoms with E-state index in [9.17, 15) is 4.79 Å². The first kappa shape index (κ1) is 13.5. The third-order valence-electron chi connectivity index (χ3n) is 0.502. The topological polar surface area (TPSA) is 29.1 Å². The number of alkyl halides is 4. The summed E-state index contributed by atoms with van der Waals surface area (Å²) < 4.78 is -1.65. The van der Waals surface area contributed by atoms with Gasteiger partial charge in [-0.3, -0.25) is 4.79 Å². The number of amides is 1. The molecule has 1 N–H and O–H groups in total. The van der Waals surface area contributed by atoms with E-state index in [0.29, 0.717) is 6.41 Å². The van der Waals surface area contributed by atoms with Gasteiger partial charge in [-0.25, -0.2) is 0 Å². The summed E-state index contributed by atoms with van der Waals surface area (Å²) in [6, 6.07) is 0. The van der Waals surface area contributed by atoms with Crippen molar-refractivity contribution >= 4 is 65.2 Å². The molecule has 0 heterocycles.